The van der Waals surface area contributed by atoms with Crippen molar-refractivity contribution in [2.24, 2.45) is 0 Å². The van der Waals surface area contributed by atoms with Crippen molar-refractivity contribution in [1.29, 1.82) is 0 Å². The fourth-order valence-corrected chi connectivity index (χ4v) is 3.91. The summed E-state index contributed by atoms with van der Waals surface area (Å²) in [5.41, 5.74) is 0.143. The molecule has 2 aliphatic heterocycles. The SMILES string of the molecule is O=C([C@H]1CCCN1C(=O)Nc1ccccc1F)N1CCSCC1. The molecule has 2 aliphatic rings. The van der Waals surface area contributed by atoms with E-state index in [1.165, 1.54) is 17.0 Å². The van der Waals surface area contributed by atoms with Gasteiger partial charge in [-0.2, -0.15) is 11.8 Å². The molecule has 1 N–H and O–H groups in total. The molecule has 124 valence electrons. The third kappa shape index (κ3) is 3.60. The summed E-state index contributed by atoms with van der Waals surface area (Å²) in [7, 11) is 0. The maximum Gasteiger partial charge on any atom is 0.322 e. The van der Waals surface area contributed by atoms with Crippen LogP contribution in [0.1, 0.15) is 12.8 Å². The molecule has 23 heavy (non-hydrogen) atoms. The number of hydrogen-bond acceptors (Lipinski definition) is 3. The Hall–Kier alpha value is -1.76. The number of likely N-dealkylation sites (tertiary alicyclic amines) is 1. The van der Waals surface area contributed by atoms with Crippen molar-refractivity contribution >= 4 is 29.4 Å². The number of thioether (sulfide) groups is 1. The highest BCUT2D eigenvalue weighted by atomic mass is 32.2. The van der Waals surface area contributed by atoms with Gasteiger partial charge in [0.2, 0.25) is 5.91 Å². The summed E-state index contributed by atoms with van der Waals surface area (Å²) in [6.45, 7) is 2.00. The lowest BCUT2D eigenvalue weighted by molar-refractivity contribution is -0.134. The van der Waals surface area contributed by atoms with Gasteiger partial charge in [0.1, 0.15) is 11.9 Å². The highest BCUT2D eigenvalue weighted by Crippen LogP contribution is 2.23. The molecule has 0 unspecified atom stereocenters. The molecule has 2 saturated heterocycles. The Bertz CT molecular complexity index is 592. The molecule has 0 saturated carbocycles. The van der Waals surface area contributed by atoms with E-state index in [0.29, 0.717) is 13.0 Å². The second-order valence-electron chi connectivity index (χ2n) is 5.70. The summed E-state index contributed by atoms with van der Waals surface area (Å²) in [6, 6.07) is 5.22. The van der Waals surface area contributed by atoms with E-state index in [4.69, 9.17) is 0 Å². The van der Waals surface area contributed by atoms with Crippen molar-refractivity contribution in [1.82, 2.24) is 9.80 Å². The van der Waals surface area contributed by atoms with E-state index in [0.717, 1.165) is 31.0 Å². The zero-order valence-electron chi connectivity index (χ0n) is 12.8. The largest absolute Gasteiger partial charge is 0.339 e. The topological polar surface area (TPSA) is 52.7 Å². The smallest absolute Gasteiger partial charge is 0.322 e. The highest BCUT2D eigenvalue weighted by Gasteiger charge is 2.37. The van der Waals surface area contributed by atoms with Gasteiger partial charge in [-0.25, -0.2) is 9.18 Å². The van der Waals surface area contributed by atoms with E-state index in [2.05, 4.69) is 5.32 Å². The first kappa shape index (κ1) is 16.1. The van der Waals surface area contributed by atoms with Crippen LogP contribution in [-0.2, 0) is 4.79 Å². The van der Waals surface area contributed by atoms with E-state index in [1.54, 1.807) is 12.1 Å². The number of rotatable bonds is 2. The normalized spacial score (nSPS) is 21.3. The van der Waals surface area contributed by atoms with Crippen molar-refractivity contribution in [3.63, 3.8) is 0 Å². The van der Waals surface area contributed by atoms with Gasteiger partial charge in [0.05, 0.1) is 5.69 Å². The van der Waals surface area contributed by atoms with Crippen LogP contribution in [0, 0.1) is 5.82 Å². The van der Waals surface area contributed by atoms with Crippen molar-refractivity contribution < 1.29 is 14.0 Å². The summed E-state index contributed by atoms with van der Waals surface area (Å²) in [5, 5.41) is 2.58. The maximum atomic E-state index is 13.7. The molecule has 1 aromatic rings. The number of nitrogens with one attached hydrogen (secondary N) is 1. The van der Waals surface area contributed by atoms with Crippen molar-refractivity contribution in [2.45, 2.75) is 18.9 Å². The van der Waals surface area contributed by atoms with Gasteiger partial charge in [0, 0.05) is 31.1 Å². The minimum atomic E-state index is -0.476. The number of nitrogens with zero attached hydrogens (tertiary/aromatic N) is 2. The number of anilines is 1. The molecule has 5 nitrogen and oxygen atoms in total. The monoisotopic (exact) mass is 337 g/mol. The first-order valence-electron chi connectivity index (χ1n) is 7.85. The van der Waals surface area contributed by atoms with Crippen LogP contribution >= 0.6 is 11.8 Å². The van der Waals surface area contributed by atoms with E-state index >= 15 is 0 Å². The summed E-state index contributed by atoms with van der Waals surface area (Å²) in [4.78, 5) is 28.5. The second kappa shape index (κ2) is 7.21. The fourth-order valence-electron chi connectivity index (χ4n) is 3.01. The number of amides is 3. The molecule has 7 heteroatoms. The summed E-state index contributed by atoms with van der Waals surface area (Å²) >= 11 is 1.84. The minimum Gasteiger partial charge on any atom is -0.339 e. The first-order chi connectivity index (χ1) is 11.2. The van der Waals surface area contributed by atoms with Crippen LogP contribution in [0.3, 0.4) is 0 Å². The van der Waals surface area contributed by atoms with Gasteiger partial charge in [-0.3, -0.25) is 4.79 Å². The number of halogens is 1. The molecule has 0 aromatic heterocycles. The average Bonchev–Trinajstić information content (AvgIpc) is 3.07. The molecule has 2 fully saturated rings. The van der Waals surface area contributed by atoms with Crippen LogP contribution in [0.2, 0.25) is 0 Å². The third-order valence-electron chi connectivity index (χ3n) is 4.24. The van der Waals surface area contributed by atoms with Gasteiger partial charge in [0.15, 0.2) is 0 Å². The Balaban J connectivity index is 1.67. The van der Waals surface area contributed by atoms with E-state index in [9.17, 15) is 14.0 Å². The molecule has 0 aliphatic carbocycles. The number of benzene rings is 1. The van der Waals surface area contributed by atoms with Gasteiger partial charge in [-0.15, -0.1) is 0 Å². The molecule has 1 aromatic carbocycles. The molecule has 2 heterocycles. The van der Waals surface area contributed by atoms with Crippen LogP contribution in [0.4, 0.5) is 14.9 Å². The number of urea groups is 1. The first-order valence-corrected chi connectivity index (χ1v) is 9.01. The quantitative estimate of drug-likeness (QED) is 0.902. The average molecular weight is 337 g/mol. The Labute approximate surface area is 139 Å². The Morgan fingerprint density at radius 1 is 1.17 bits per heavy atom. The molecule has 3 rings (SSSR count). The van der Waals surface area contributed by atoms with Gasteiger partial charge >= 0.3 is 6.03 Å². The van der Waals surface area contributed by atoms with Crippen LogP contribution in [0.15, 0.2) is 24.3 Å². The van der Waals surface area contributed by atoms with Gasteiger partial charge in [-0.1, -0.05) is 12.1 Å². The Morgan fingerprint density at radius 2 is 1.91 bits per heavy atom. The van der Waals surface area contributed by atoms with Gasteiger partial charge in [0.25, 0.3) is 0 Å². The number of hydrogen-bond donors (Lipinski definition) is 1. The molecule has 3 amide bonds. The lowest BCUT2D eigenvalue weighted by Gasteiger charge is -2.32. The van der Waals surface area contributed by atoms with Crippen LogP contribution in [0.5, 0.6) is 0 Å². The third-order valence-corrected chi connectivity index (χ3v) is 5.18. The summed E-state index contributed by atoms with van der Waals surface area (Å²) in [5.74, 6) is 1.43. The van der Waals surface area contributed by atoms with Crippen molar-refractivity contribution in [2.75, 3.05) is 36.5 Å². The lowest BCUT2D eigenvalue weighted by atomic mass is 10.2. The maximum absolute atomic E-state index is 13.7. The zero-order valence-corrected chi connectivity index (χ0v) is 13.7. The van der Waals surface area contributed by atoms with Crippen LogP contribution in [0.25, 0.3) is 0 Å². The molecule has 1 atom stereocenters. The van der Waals surface area contributed by atoms with Crippen LogP contribution < -0.4 is 5.32 Å². The summed E-state index contributed by atoms with van der Waals surface area (Å²) in [6.07, 6.45) is 1.47. The van der Waals surface area contributed by atoms with Gasteiger partial charge < -0.3 is 15.1 Å². The predicted octanol–water partition coefficient (Wildman–Crippen LogP) is 2.40. The number of carbonyl (C=O) groups is 2. The molecule has 0 bridgehead atoms. The standard InChI is InChI=1S/C16H20FN3O2S/c17-12-4-1-2-5-13(12)18-16(22)20-7-3-6-14(20)15(21)19-8-10-23-11-9-19/h1-2,4-5,14H,3,6-11H2,(H,18,22)/t14-/m1/s1. The Morgan fingerprint density at radius 3 is 2.65 bits per heavy atom. The molecular formula is C16H20FN3O2S. The molecule has 0 spiro atoms. The predicted molar refractivity (Wildman–Crippen MR) is 89.1 cm³/mol. The molecular weight excluding hydrogens is 317 g/mol. The highest BCUT2D eigenvalue weighted by molar-refractivity contribution is 7.99. The number of para-hydroxylation sites is 1. The summed E-state index contributed by atoms with van der Waals surface area (Å²) < 4.78 is 13.7. The van der Waals surface area contributed by atoms with Gasteiger partial charge in [-0.05, 0) is 25.0 Å². The molecule has 0 radical (unpaired) electrons. The van der Waals surface area contributed by atoms with E-state index < -0.39 is 17.9 Å². The van der Waals surface area contributed by atoms with E-state index in [-0.39, 0.29) is 11.6 Å². The zero-order chi connectivity index (χ0) is 16.2. The minimum absolute atomic E-state index is 0.0199. The second-order valence-corrected chi connectivity index (χ2v) is 6.92. The van der Waals surface area contributed by atoms with Crippen LogP contribution in [-0.4, -0.2) is 58.9 Å². The lowest BCUT2D eigenvalue weighted by Crippen LogP contribution is -2.51. The Kier molecular flexibility index (Phi) is 5.05. The fraction of sp³-hybridized carbons (Fsp3) is 0.500. The van der Waals surface area contributed by atoms with E-state index in [1.807, 2.05) is 16.7 Å². The number of carbonyl (C=O) groups excluding carboxylic acids is 2. The van der Waals surface area contributed by atoms with Crippen molar-refractivity contribution in [3.05, 3.63) is 30.1 Å². The van der Waals surface area contributed by atoms with Crippen molar-refractivity contribution in [3.8, 4) is 0 Å².